The summed E-state index contributed by atoms with van der Waals surface area (Å²) >= 11 is 5.91. The van der Waals surface area contributed by atoms with Crippen molar-refractivity contribution >= 4 is 28.7 Å². The van der Waals surface area contributed by atoms with Crippen LogP contribution < -0.4 is 4.74 Å². The summed E-state index contributed by atoms with van der Waals surface area (Å²) in [6.45, 7) is 1.73. The summed E-state index contributed by atoms with van der Waals surface area (Å²) in [5, 5.41) is 9.67. The molecule has 5 heterocycles. The number of ether oxygens (including phenoxy) is 2. The largest absolute Gasteiger partial charge is 0.492 e. The topological polar surface area (TPSA) is 89.7 Å². The highest BCUT2D eigenvalue weighted by Gasteiger charge is 2.51. The molecule has 230 valence electrons. The van der Waals surface area contributed by atoms with Gasteiger partial charge in [0.2, 0.25) is 0 Å². The molecule has 7 rings (SSSR count). The fourth-order valence-electron chi connectivity index (χ4n) is 6.65. The van der Waals surface area contributed by atoms with Gasteiger partial charge in [0, 0.05) is 23.2 Å². The summed E-state index contributed by atoms with van der Waals surface area (Å²) in [6, 6.07) is 11.4. The molecule has 8 nitrogen and oxygen atoms in total. The molecule has 3 aliphatic rings. The highest BCUT2D eigenvalue weighted by atomic mass is 35.5. The zero-order chi connectivity index (χ0) is 30.6. The van der Waals surface area contributed by atoms with Crippen LogP contribution in [-0.2, 0) is 23.7 Å². The zero-order valence-corrected chi connectivity index (χ0v) is 24.4. The van der Waals surface area contributed by atoms with Gasteiger partial charge in [0.15, 0.2) is 11.3 Å². The number of nitrogens with zero attached hydrogens (tertiary/aromatic N) is 4. The maximum absolute atomic E-state index is 16.5. The predicted octanol–water partition coefficient (Wildman–Crippen LogP) is 6.71. The minimum Gasteiger partial charge on any atom is -0.492 e. The molecular formula is C32H30ClF3N4O4. The van der Waals surface area contributed by atoms with Gasteiger partial charge in [0.05, 0.1) is 30.7 Å². The van der Waals surface area contributed by atoms with E-state index in [0.29, 0.717) is 55.2 Å². The summed E-state index contributed by atoms with van der Waals surface area (Å²) in [5.74, 6) is -6.10. The molecule has 0 bridgehead atoms. The second-order valence-electron chi connectivity index (χ2n) is 11.6. The van der Waals surface area contributed by atoms with Crippen molar-refractivity contribution in [3.63, 3.8) is 0 Å². The predicted molar refractivity (Wildman–Crippen MR) is 156 cm³/mol. The van der Waals surface area contributed by atoms with E-state index >= 15 is 8.78 Å². The van der Waals surface area contributed by atoms with Crippen molar-refractivity contribution < 1.29 is 32.5 Å². The number of rotatable bonds is 7. The summed E-state index contributed by atoms with van der Waals surface area (Å²) in [4.78, 5) is 23.0. The van der Waals surface area contributed by atoms with Crippen LogP contribution in [0.25, 0.3) is 11.2 Å². The number of benzene rings is 2. The maximum Gasteiger partial charge on any atom is 0.354 e. The van der Waals surface area contributed by atoms with Gasteiger partial charge in [-0.2, -0.15) is 0 Å². The van der Waals surface area contributed by atoms with Crippen LogP contribution in [0.2, 0.25) is 5.02 Å². The standard InChI is InChI=1S/C32H30ClF3N4O4/c33-18-7-8-20(23(34)14-18)22-17-44-27-6-3-4-21(29(27)32(22,35)36)26-5-1-2-12-39(26)16-28-37-24-9-10-25(31(41)42)38-30(24)40(28)15-19-11-13-43-19/h3-4,6-10,14,19,22,26H,1-2,5,11-13,15-17H2,(H,41,42). The van der Waals surface area contributed by atoms with Crippen molar-refractivity contribution in [2.24, 2.45) is 0 Å². The highest BCUT2D eigenvalue weighted by Crippen LogP contribution is 2.53. The third-order valence-corrected chi connectivity index (χ3v) is 9.20. The first-order valence-electron chi connectivity index (χ1n) is 14.7. The summed E-state index contributed by atoms with van der Waals surface area (Å²) < 4.78 is 61.3. The molecule has 0 aliphatic carbocycles. The van der Waals surface area contributed by atoms with E-state index < -0.39 is 23.6 Å². The molecule has 3 atom stereocenters. The normalized spacial score (nSPS) is 23.1. The third-order valence-electron chi connectivity index (χ3n) is 8.96. The molecule has 0 amide bonds. The quantitative estimate of drug-likeness (QED) is 0.244. The van der Waals surface area contributed by atoms with Crippen molar-refractivity contribution in [3.8, 4) is 5.75 Å². The third kappa shape index (κ3) is 5.10. The molecule has 0 radical (unpaired) electrons. The van der Waals surface area contributed by atoms with Crippen LogP contribution in [0.3, 0.4) is 0 Å². The van der Waals surface area contributed by atoms with Gasteiger partial charge < -0.3 is 19.1 Å². The smallest absolute Gasteiger partial charge is 0.354 e. The molecule has 2 saturated heterocycles. The number of likely N-dealkylation sites (tertiary alicyclic amines) is 1. The number of imidazole rings is 1. The summed E-state index contributed by atoms with van der Waals surface area (Å²) in [7, 11) is 0. The number of piperidine rings is 1. The van der Waals surface area contributed by atoms with Gasteiger partial charge in [-0.05, 0) is 61.7 Å². The Hall–Kier alpha value is -3.67. The van der Waals surface area contributed by atoms with Gasteiger partial charge in [-0.3, -0.25) is 4.90 Å². The van der Waals surface area contributed by atoms with Crippen molar-refractivity contribution in [2.45, 2.75) is 62.8 Å². The number of aromatic nitrogens is 3. The average Bonchev–Trinajstić information content (AvgIpc) is 3.31. The van der Waals surface area contributed by atoms with Crippen LogP contribution in [-0.4, -0.2) is 56.4 Å². The van der Waals surface area contributed by atoms with E-state index in [4.69, 9.17) is 26.1 Å². The van der Waals surface area contributed by atoms with E-state index in [2.05, 4.69) is 9.88 Å². The van der Waals surface area contributed by atoms with Gasteiger partial charge in [-0.15, -0.1) is 0 Å². The van der Waals surface area contributed by atoms with E-state index in [1.807, 2.05) is 4.57 Å². The Balaban J connectivity index is 1.26. The minimum absolute atomic E-state index is 0.0410. The molecule has 2 aromatic carbocycles. The fourth-order valence-corrected chi connectivity index (χ4v) is 6.81. The molecule has 2 aromatic heterocycles. The fraction of sp³-hybridized carbons (Fsp3) is 0.406. The number of aromatic carboxylic acids is 1. The Bertz CT molecular complexity index is 1740. The molecule has 12 heteroatoms. The van der Waals surface area contributed by atoms with Crippen LogP contribution in [0.1, 0.15) is 70.6 Å². The lowest BCUT2D eigenvalue weighted by Gasteiger charge is -2.40. The lowest BCUT2D eigenvalue weighted by atomic mass is 9.81. The van der Waals surface area contributed by atoms with Crippen molar-refractivity contribution in [2.75, 3.05) is 19.8 Å². The number of carboxylic acid groups (broad SMARTS) is 1. The van der Waals surface area contributed by atoms with E-state index in [1.165, 1.54) is 24.3 Å². The molecular weight excluding hydrogens is 597 g/mol. The first-order valence-corrected chi connectivity index (χ1v) is 15.1. The van der Waals surface area contributed by atoms with Crippen LogP contribution in [0.4, 0.5) is 13.2 Å². The van der Waals surface area contributed by atoms with Crippen molar-refractivity contribution in [1.29, 1.82) is 0 Å². The number of carboxylic acids is 1. The molecule has 2 fully saturated rings. The Morgan fingerprint density at radius 1 is 1.09 bits per heavy atom. The first-order chi connectivity index (χ1) is 21.2. The van der Waals surface area contributed by atoms with E-state index in [0.717, 1.165) is 25.3 Å². The molecule has 0 spiro atoms. The van der Waals surface area contributed by atoms with Crippen LogP contribution in [0.5, 0.6) is 5.75 Å². The van der Waals surface area contributed by atoms with Gasteiger partial charge in [-0.1, -0.05) is 36.2 Å². The number of alkyl halides is 2. The van der Waals surface area contributed by atoms with Crippen LogP contribution in [0.15, 0.2) is 48.5 Å². The lowest BCUT2D eigenvalue weighted by molar-refractivity contribution is -0.0663. The Labute approximate surface area is 256 Å². The number of halogens is 4. The Morgan fingerprint density at radius 2 is 1.93 bits per heavy atom. The average molecular weight is 627 g/mol. The summed E-state index contributed by atoms with van der Waals surface area (Å²) in [6.07, 6.45) is 3.19. The first kappa shape index (κ1) is 29.1. The maximum atomic E-state index is 16.5. The SMILES string of the molecule is O=C(O)c1ccc2nc(CN3CCCCC3c3cccc4c3C(F)(F)C(c3ccc(Cl)cc3F)CO4)n(CC3CCO3)c2n1. The van der Waals surface area contributed by atoms with Crippen molar-refractivity contribution in [1.82, 2.24) is 19.4 Å². The molecule has 44 heavy (non-hydrogen) atoms. The van der Waals surface area contributed by atoms with Gasteiger partial charge in [0.1, 0.15) is 29.5 Å². The summed E-state index contributed by atoms with van der Waals surface area (Å²) in [5.41, 5.74) is 1.02. The Kier molecular flexibility index (Phi) is 7.50. The van der Waals surface area contributed by atoms with E-state index in [1.54, 1.807) is 18.2 Å². The molecule has 1 N–H and O–H groups in total. The monoisotopic (exact) mass is 626 g/mol. The Morgan fingerprint density at radius 3 is 2.68 bits per heavy atom. The van der Waals surface area contributed by atoms with Gasteiger partial charge in [0.25, 0.3) is 5.92 Å². The number of pyridine rings is 1. The van der Waals surface area contributed by atoms with Gasteiger partial charge >= 0.3 is 5.97 Å². The zero-order valence-electron chi connectivity index (χ0n) is 23.7. The van der Waals surface area contributed by atoms with Gasteiger partial charge in [-0.25, -0.2) is 27.9 Å². The van der Waals surface area contributed by atoms with Crippen LogP contribution in [0, 0.1) is 5.82 Å². The van der Waals surface area contributed by atoms with Crippen molar-refractivity contribution in [3.05, 3.63) is 87.6 Å². The minimum atomic E-state index is -3.41. The number of carbonyl (C=O) groups is 1. The molecule has 0 saturated carbocycles. The number of fused-ring (bicyclic) bond motifs is 2. The van der Waals surface area contributed by atoms with E-state index in [-0.39, 0.29) is 46.3 Å². The lowest BCUT2D eigenvalue weighted by Crippen LogP contribution is -2.39. The van der Waals surface area contributed by atoms with E-state index in [9.17, 15) is 14.3 Å². The molecule has 3 unspecified atom stereocenters. The molecule has 4 aromatic rings. The second kappa shape index (κ2) is 11.4. The molecule has 3 aliphatic heterocycles. The number of hydrogen-bond donors (Lipinski definition) is 1. The van der Waals surface area contributed by atoms with Crippen LogP contribution >= 0.6 is 11.6 Å². The highest BCUT2D eigenvalue weighted by molar-refractivity contribution is 6.30. The number of hydrogen-bond acceptors (Lipinski definition) is 6. The second-order valence-corrected chi connectivity index (χ2v) is 12.1.